The minimum absolute atomic E-state index is 0. The van der Waals surface area contributed by atoms with E-state index in [9.17, 15) is 4.79 Å². The molecule has 0 radical (unpaired) electrons. The number of carbonyl (C=O) groups is 1. The van der Waals surface area contributed by atoms with Crippen LogP contribution in [0.25, 0.3) is 0 Å². The SMILES string of the molecule is Cc1cc(Nc2nccs2)nc(C2CCCN(C(=O)CN)C2)n1.Cl.Cl. The normalized spacial score (nSPS) is 16.6. The summed E-state index contributed by atoms with van der Waals surface area (Å²) in [5.41, 5.74) is 6.37. The van der Waals surface area contributed by atoms with Gasteiger partial charge >= 0.3 is 0 Å². The van der Waals surface area contributed by atoms with Gasteiger partial charge in [-0.2, -0.15) is 0 Å². The van der Waals surface area contributed by atoms with Crippen LogP contribution in [0.3, 0.4) is 0 Å². The largest absolute Gasteiger partial charge is 0.341 e. The lowest BCUT2D eigenvalue weighted by molar-refractivity contribution is -0.130. The summed E-state index contributed by atoms with van der Waals surface area (Å²) in [5, 5.41) is 5.92. The molecule has 0 aromatic carbocycles. The van der Waals surface area contributed by atoms with Crippen molar-refractivity contribution in [3.05, 3.63) is 29.2 Å². The second-order valence-electron chi connectivity index (χ2n) is 5.60. The number of nitrogens with zero attached hydrogens (tertiary/aromatic N) is 4. The summed E-state index contributed by atoms with van der Waals surface area (Å²) in [6.45, 7) is 3.40. The molecule has 3 N–H and O–H groups in total. The topological polar surface area (TPSA) is 97.0 Å². The molecule has 1 amide bonds. The summed E-state index contributed by atoms with van der Waals surface area (Å²) >= 11 is 1.52. The number of anilines is 2. The first kappa shape index (κ1) is 21.6. The van der Waals surface area contributed by atoms with Crippen molar-refractivity contribution < 1.29 is 4.79 Å². The Morgan fingerprint density at radius 1 is 1.44 bits per heavy atom. The van der Waals surface area contributed by atoms with Crippen LogP contribution in [0.2, 0.25) is 0 Å². The lowest BCUT2D eigenvalue weighted by Gasteiger charge is -2.32. The molecule has 0 saturated carbocycles. The number of likely N-dealkylation sites (tertiary alicyclic amines) is 1. The molecule has 138 valence electrons. The predicted octanol–water partition coefficient (Wildman–Crippen LogP) is 2.49. The highest BCUT2D eigenvalue weighted by Gasteiger charge is 2.26. The van der Waals surface area contributed by atoms with Crippen molar-refractivity contribution in [3.63, 3.8) is 0 Å². The quantitative estimate of drug-likeness (QED) is 0.811. The summed E-state index contributed by atoms with van der Waals surface area (Å²) in [6, 6.07) is 1.90. The zero-order chi connectivity index (χ0) is 16.2. The lowest BCUT2D eigenvalue weighted by Crippen LogP contribution is -2.42. The molecule has 1 aliphatic rings. The fourth-order valence-electron chi connectivity index (χ4n) is 2.78. The molecule has 3 rings (SSSR count). The third-order valence-electron chi connectivity index (χ3n) is 3.85. The molecule has 2 aromatic heterocycles. The van der Waals surface area contributed by atoms with E-state index in [-0.39, 0.29) is 43.2 Å². The Balaban J connectivity index is 0.00000156. The number of carbonyl (C=O) groups excluding carboxylic acids is 1. The molecule has 1 saturated heterocycles. The van der Waals surface area contributed by atoms with Crippen LogP contribution in [0.5, 0.6) is 0 Å². The van der Waals surface area contributed by atoms with Gasteiger partial charge < -0.3 is 16.0 Å². The van der Waals surface area contributed by atoms with E-state index in [1.54, 1.807) is 6.20 Å². The summed E-state index contributed by atoms with van der Waals surface area (Å²) < 4.78 is 0. The van der Waals surface area contributed by atoms with Gasteiger partial charge in [-0.25, -0.2) is 15.0 Å². The average molecular weight is 405 g/mol. The summed E-state index contributed by atoms with van der Waals surface area (Å²) in [6.07, 6.45) is 3.68. The number of amides is 1. The van der Waals surface area contributed by atoms with Crippen LogP contribution >= 0.6 is 36.2 Å². The Hall–Kier alpha value is -1.48. The Bertz CT molecular complexity index is 685. The first-order chi connectivity index (χ1) is 11.2. The molecule has 0 bridgehead atoms. The molecule has 1 fully saturated rings. The molecule has 1 unspecified atom stereocenters. The molecule has 3 heterocycles. The molecule has 1 atom stereocenters. The van der Waals surface area contributed by atoms with Crippen molar-refractivity contribution in [1.29, 1.82) is 0 Å². The number of hydrogen-bond donors (Lipinski definition) is 2. The van der Waals surface area contributed by atoms with Gasteiger partial charge in [0.2, 0.25) is 5.91 Å². The first-order valence-electron chi connectivity index (χ1n) is 7.65. The molecule has 0 spiro atoms. The number of aromatic nitrogens is 3. The van der Waals surface area contributed by atoms with E-state index in [1.165, 1.54) is 11.3 Å². The minimum atomic E-state index is -0.0107. The molecule has 25 heavy (non-hydrogen) atoms. The number of thiazole rings is 1. The van der Waals surface area contributed by atoms with Gasteiger partial charge in [-0.3, -0.25) is 4.79 Å². The fraction of sp³-hybridized carbons (Fsp3) is 0.467. The number of rotatable bonds is 4. The van der Waals surface area contributed by atoms with E-state index in [0.29, 0.717) is 6.54 Å². The summed E-state index contributed by atoms with van der Waals surface area (Å²) in [4.78, 5) is 27.0. The van der Waals surface area contributed by atoms with Crippen molar-refractivity contribution >= 4 is 53.0 Å². The average Bonchev–Trinajstić information content (AvgIpc) is 3.06. The van der Waals surface area contributed by atoms with Gasteiger partial charge in [-0.05, 0) is 19.8 Å². The highest BCUT2D eigenvalue weighted by molar-refractivity contribution is 7.13. The molecule has 2 aromatic rings. The number of piperidine rings is 1. The van der Waals surface area contributed by atoms with Crippen LogP contribution in [0.15, 0.2) is 17.6 Å². The highest BCUT2D eigenvalue weighted by atomic mass is 35.5. The highest BCUT2D eigenvalue weighted by Crippen LogP contribution is 2.26. The number of aryl methyl sites for hydroxylation is 1. The predicted molar refractivity (Wildman–Crippen MR) is 104 cm³/mol. The minimum Gasteiger partial charge on any atom is -0.341 e. The van der Waals surface area contributed by atoms with Crippen LogP contribution in [0.4, 0.5) is 10.9 Å². The van der Waals surface area contributed by atoms with Gasteiger partial charge in [0.15, 0.2) is 5.13 Å². The zero-order valence-electron chi connectivity index (χ0n) is 13.8. The van der Waals surface area contributed by atoms with E-state index in [0.717, 1.165) is 41.9 Å². The van der Waals surface area contributed by atoms with Crippen molar-refractivity contribution in [2.75, 3.05) is 25.0 Å². The maximum atomic E-state index is 11.8. The number of hydrogen-bond acceptors (Lipinski definition) is 7. The fourth-order valence-corrected chi connectivity index (χ4v) is 3.31. The van der Waals surface area contributed by atoms with Gasteiger partial charge in [-0.15, -0.1) is 36.2 Å². The van der Waals surface area contributed by atoms with Gasteiger partial charge in [0.1, 0.15) is 11.6 Å². The van der Waals surface area contributed by atoms with Crippen LogP contribution < -0.4 is 11.1 Å². The van der Waals surface area contributed by atoms with Crippen LogP contribution in [-0.2, 0) is 4.79 Å². The Morgan fingerprint density at radius 2 is 2.24 bits per heavy atom. The van der Waals surface area contributed by atoms with Crippen molar-refractivity contribution in [2.24, 2.45) is 5.73 Å². The van der Waals surface area contributed by atoms with E-state index < -0.39 is 0 Å². The molecular formula is C15H22Cl2N6OS. The van der Waals surface area contributed by atoms with Crippen LogP contribution in [-0.4, -0.2) is 45.4 Å². The summed E-state index contributed by atoms with van der Waals surface area (Å²) in [7, 11) is 0. The Morgan fingerprint density at radius 3 is 2.92 bits per heavy atom. The van der Waals surface area contributed by atoms with E-state index in [1.807, 2.05) is 23.3 Å². The molecule has 1 aliphatic heterocycles. The monoisotopic (exact) mass is 404 g/mol. The number of nitrogens with one attached hydrogen (secondary N) is 1. The van der Waals surface area contributed by atoms with Gasteiger partial charge in [0, 0.05) is 42.3 Å². The van der Waals surface area contributed by atoms with E-state index in [4.69, 9.17) is 5.73 Å². The standard InChI is InChI=1S/C15H20N6OS.2ClH/c1-10-7-12(20-15-17-4-6-23-15)19-14(18-10)11-3-2-5-21(9-11)13(22)8-16;;/h4,6-7,11H,2-3,5,8-9,16H2,1H3,(H,17,18,19,20);2*1H. The van der Waals surface area contributed by atoms with E-state index >= 15 is 0 Å². The third-order valence-corrected chi connectivity index (χ3v) is 4.54. The number of halogens is 2. The Kier molecular flexibility index (Phi) is 8.51. The van der Waals surface area contributed by atoms with Crippen LogP contribution in [0, 0.1) is 6.92 Å². The smallest absolute Gasteiger partial charge is 0.236 e. The van der Waals surface area contributed by atoms with Crippen molar-refractivity contribution in [1.82, 2.24) is 19.9 Å². The van der Waals surface area contributed by atoms with Crippen molar-refractivity contribution in [3.8, 4) is 0 Å². The Labute approximate surface area is 163 Å². The lowest BCUT2D eigenvalue weighted by atomic mass is 9.97. The second kappa shape index (κ2) is 9.86. The zero-order valence-corrected chi connectivity index (χ0v) is 16.3. The first-order valence-corrected chi connectivity index (χ1v) is 8.53. The maximum absolute atomic E-state index is 11.8. The molecule has 0 aliphatic carbocycles. The summed E-state index contributed by atoms with van der Waals surface area (Å²) in [5.74, 6) is 1.66. The van der Waals surface area contributed by atoms with Crippen LogP contribution in [0.1, 0.15) is 30.3 Å². The van der Waals surface area contributed by atoms with E-state index in [2.05, 4.69) is 20.3 Å². The van der Waals surface area contributed by atoms with Gasteiger partial charge in [0.05, 0.1) is 6.54 Å². The van der Waals surface area contributed by atoms with Gasteiger partial charge in [-0.1, -0.05) is 0 Å². The van der Waals surface area contributed by atoms with Crippen molar-refractivity contribution in [2.45, 2.75) is 25.7 Å². The molecular weight excluding hydrogens is 383 g/mol. The molecule has 10 heteroatoms. The van der Waals surface area contributed by atoms with Gasteiger partial charge in [0.25, 0.3) is 0 Å². The third kappa shape index (κ3) is 5.50. The maximum Gasteiger partial charge on any atom is 0.236 e. The second-order valence-corrected chi connectivity index (χ2v) is 6.49. The number of nitrogens with two attached hydrogens (primary N) is 1. The molecule has 7 nitrogen and oxygen atoms in total.